The van der Waals surface area contributed by atoms with Gasteiger partial charge in [-0.3, -0.25) is 34.2 Å². The van der Waals surface area contributed by atoms with Crippen molar-refractivity contribution in [2.24, 2.45) is 5.92 Å². The predicted molar refractivity (Wildman–Crippen MR) is 227 cm³/mol. The molecule has 2 unspecified atom stereocenters. The Balaban J connectivity index is 0.748. The van der Waals surface area contributed by atoms with Crippen LogP contribution < -0.4 is 15.5 Å². The molecule has 5 amide bonds. The molecule has 4 aliphatic heterocycles. The Morgan fingerprint density at radius 3 is 2.55 bits per heavy atom. The summed E-state index contributed by atoms with van der Waals surface area (Å²) in [5, 5.41) is 5.20. The van der Waals surface area contributed by atoms with Gasteiger partial charge in [0.15, 0.2) is 0 Å². The summed E-state index contributed by atoms with van der Waals surface area (Å²) in [4.78, 5) is 74.5. The van der Waals surface area contributed by atoms with E-state index in [1.807, 2.05) is 29.2 Å². The van der Waals surface area contributed by atoms with Crippen LogP contribution in [0.5, 0.6) is 0 Å². The van der Waals surface area contributed by atoms with Crippen LogP contribution in [0.4, 0.5) is 10.1 Å². The number of unbranched alkanes of at least 4 members (excludes halogenated alkanes) is 4. The van der Waals surface area contributed by atoms with E-state index >= 15 is 0 Å². The molecule has 1 aromatic heterocycles. The number of carbonyl (C=O) groups excluding carboxylic acids is 5. The average Bonchev–Trinajstić information content (AvgIpc) is 3.87. The van der Waals surface area contributed by atoms with Crippen molar-refractivity contribution >= 4 is 41.3 Å². The fraction of sp³-hybridized carbons (Fsp3) is 0.447. The maximum Gasteiger partial charge on any atom is 0.255 e. The number of carbonyl (C=O) groups is 5. The normalized spacial score (nSPS) is 19.4. The quantitative estimate of drug-likeness (QED) is 0.0706. The summed E-state index contributed by atoms with van der Waals surface area (Å²) in [5.41, 5.74) is 4.42. The first-order valence-corrected chi connectivity index (χ1v) is 21.4. The van der Waals surface area contributed by atoms with Crippen molar-refractivity contribution in [3.8, 4) is 11.8 Å². The van der Waals surface area contributed by atoms with Crippen molar-refractivity contribution in [1.29, 1.82) is 0 Å². The molecular weight excluding hydrogens is 762 g/mol. The topological polar surface area (TPSA) is 135 Å². The number of aromatic nitrogens is 1. The van der Waals surface area contributed by atoms with Gasteiger partial charge < -0.3 is 20.0 Å². The van der Waals surface area contributed by atoms with Crippen molar-refractivity contribution in [3.63, 3.8) is 0 Å². The largest absolute Gasteiger partial charge is 0.369 e. The Morgan fingerprint density at radius 2 is 1.75 bits per heavy atom. The molecule has 12 nitrogen and oxygen atoms in total. The molecule has 3 saturated heterocycles. The smallest absolute Gasteiger partial charge is 0.255 e. The Kier molecular flexibility index (Phi) is 14.4. The van der Waals surface area contributed by atoms with E-state index < -0.39 is 17.9 Å². The second-order valence-corrected chi connectivity index (χ2v) is 16.1. The van der Waals surface area contributed by atoms with Gasteiger partial charge in [0.05, 0.1) is 0 Å². The summed E-state index contributed by atoms with van der Waals surface area (Å²) >= 11 is 0. The lowest BCUT2D eigenvalue weighted by molar-refractivity contribution is -0.137. The van der Waals surface area contributed by atoms with Gasteiger partial charge in [0, 0.05) is 105 Å². The summed E-state index contributed by atoms with van der Waals surface area (Å²) in [6.45, 7) is 7.36. The van der Waals surface area contributed by atoms with Gasteiger partial charge >= 0.3 is 0 Å². The van der Waals surface area contributed by atoms with E-state index in [1.54, 1.807) is 23.1 Å². The van der Waals surface area contributed by atoms with E-state index in [2.05, 4.69) is 49.4 Å². The molecular formula is C47H54FN7O5. The van der Waals surface area contributed by atoms with Gasteiger partial charge in [0.2, 0.25) is 23.7 Å². The van der Waals surface area contributed by atoms with Crippen molar-refractivity contribution in [1.82, 2.24) is 30.3 Å². The highest BCUT2D eigenvalue weighted by atomic mass is 19.1. The highest BCUT2D eigenvalue weighted by Gasteiger charge is 2.39. The standard InChI is InChI=1S/C47H54FN7O5/c48-44-36(13-9-25-50-44)17-21-42(56)49-24-6-5-10-34-23-27-54(32-34)46(59)37-15-18-38(19-16-37)53-30-28-52(29-31-53)26-7-3-1-2-4-11-35-12-8-14-39-40(35)33-55(47(39)60)41-20-22-43(57)51-45(41)58/h8-9,12-19,21,25,34,41H,1-3,5-7,10,20,22-24,26-33H2,(H,49,56)(H,51,57,58)/b21-17+. The van der Waals surface area contributed by atoms with Crippen molar-refractivity contribution in [2.75, 3.05) is 57.3 Å². The number of pyridine rings is 1. The Morgan fingerprint density at radius 1 is 0.917 bits per heavy atom. The van der Waals surface area contributed by atoms with Crippen LogP contribution >= 0.6 is 0 Å². The van der Waals surface area contributed by atoms with E-state index in [4.69, 9.17) is 0 Å². The zero-order chi connectivity index (χ0) is 41.8. The molecule has 7 rings (SSSR count). The fourth-order valence-electron chi connectivity index (χ4n) is 8.58. The molecule has 3 aromatic rings. The SMILES string of the molecule is O=C(/C=C/c1cccnc1F)NCCCCC1CCN(C(=O)c2ccc(N3CCN(CCCCCC#Cc4cccc5c4CN(C4CCC(=O)NC4=O)C5=O)CC3)cc2)C1. The summed E-state index contributed by atoms with van der Waals surface area (Å²) in [5.74, 6) is 5.37. The van der Waals surface area contributed by atoms with E-state index in [9.17, 15) is 28.4 Å². The van der Waals surface area contributed by atoms with E-state index in [0.717, 1.165) is 120 Å². The second-order valence-electron chi connectivity index (χ2n) is 16.1. The van der Waals surface area contributed by atoms with Gasteiger partial charge in [-0.25, -0.2) is 4.98 Å². The molecule has 0 bridgehead atoms. The molecule has 0 spiro atoms. The zero-order valence-corrected chi connectivity index (χ0v) is 34.2. The number of anilines is 1. The molecule has 3 fully saturated rings. The van der Waals surface area contributed by atoms with Gasteiger partial charge in [0.1, 0.15) is 6.04 Å². The van der Waals surface area contributed by atoms with Crippen LogP contribution in [0.1, 0.15) is 102 Å². The fourth-order valence-corrected chi connectivity index (χ4v) is 8.58. The molecule has 314 valence electrons. The van der Waals surface area contributed by atoms with Crippen molar-refractivity contribution in [3.05, 3.63) is 101 Å². The summed E-state index contributed by atoms with van der Waals surface area (Å²) in [7, 11) is 0. The van der Waals surface area contributed by atoms with Gasteiger partial charge in [-0.15, -0.1) is 0 Å². The molecule has 0 aliphatic carbocycles. The average molecular weight is 816 g/mol. The summed E-state index contributed by atoms with van der Waals surface area (Å²) < 4.78 is 13.6. The van der Waals surface area contributed by atoms with Gasteiger partial charge in [-0.2, -0.15) is 4.39 Å². The van der Waals surface area contributed by atoms with Crippen LogP contribution in [0.3, 0.4) is 0 Å². The number of imide groups is 1. The zero-order valence-electron chi connectivity index (χ0n) is 34.2. The van der Waals surface area contributed by atoms with Crippen LogP contribution in [0.15, 0.2) is 66.9 Å². The highest BCUT2D eigenvalue weighted by molar-refractivity contribution is 6.05. The molecule has 0 radical (unpaired) electrons. The molecule has 13 heteroatoms. The molecule has 2 atom stereocenters. The summed E-state index contributed by atoms with van der Waals surface area (Å²) in [6.07, 6.45) is 12.5. The van der Waals surface area contributed by atoms with Gasteiger partial charge in [-0.05, 0) is 111 Å². The number of amides is 5. The molecule has 60 heavy (non-hydrogen) atoms. The molecule has 2 N–H and O–H groups in total. The molecule has 5 heterocycles. The van der Waals surface area contributed by atoms with Crippen molar-refractivity contribution < 1.29 is 28.4 Å². The number of halogens is 1. The lowest BCUT2D eigenvalue weighted by atomic mass is 10.0. The van der Waals surface area contributed by atoms with Gasteiger partial charge in [-0.1, -0.05) is 30.7 Å². The molecule has 4 aliphatic rings. The Hall–Kier alpha value is -5.87. The van der Waals surface area contributed by atoms with E-state index in [-0.39, 0.29) is 35.6 Å². The predicted octanol–water partition coefficient (Wildman–Crippen LogP) is 5.18. The maximum atomic E-state index is 13.6. The van der Waals surface area contributed by atoms with Crippen LogP contribution in [0.2, 0.25) is 0 Å². The third kappa shape index (κ3) is 10.8. The first-order valence-electron chi connectivity index (χ1n) is 21.4. The van der Waals surface area contributed by atoms with Crippen LogP contribution in [-0.4, -0.2) is 108 Å². The highest BCUT2D eigenvalue weighted by Crippen LogP contribution is 2.30. The van der Waals surface area contributed by atoms with Gasteiger partial charge in [0.25, 0.3) is 11.8 Å². The lowest BCUT2D eigenvalue weighted by Gasteiger charge is -2.36. The minimum atomic E-state index is -0.630. The monoisotopic (exact) mass is 815 g/mol. The third-order valence-electron chi connectivity index (χ3n) is 12.0. The number of rotatable bonds is 15. The van der Waals surface area contributed by atoms with E-state index in [1.165, 1.54) is 18.3 Å². The van der Waals surface area contributed by atoms with E-state index in [0.29, 0.717) is 31.0 Å². The first kappa shape index (κ1) is 42.3. The number of piperidine rings is 1. The number of hydrogen-bond acceptors (Lipinski definition) is 8. The minimum absolute atomic E-state index is 0.0855. The number of likely N-dealkylation sites (tertiary alicyclic amines) is 1. The van der Waals surface area contributed by atoms with Crippen LogP contribution in [0.25, 0.3) is 6.08 Å². The number of fused-ring (bicyclic) bond motifs is 1. The lowest BCUT2D eigenvalue weighted by Crippen LogP contribution is -2.52. The third-order valence-corrected chi connectivity index (χ3v) is 12.0. The summed E-state index contributed by atoms with van der Waals surface area (Å²) in [6, 6.07) is 16.2. The number of nitrogens with one attached hydrogen (secondary N) is 2. The minimum Gasteiger partial charge on any atom is -0.369 e. The van der Waals surface area contributed by atoms with Crippen LogP contribution in [0, 0.1) is 23.7 Å². The Labute approximate surface area is 351 Å². The van der Waals surface area contributed by atoms with Crippen molar-refractivity contribution in [2.45, 2.75) is 76.8 Å². The molecule has 0 saturated carbocycles. The maximum absolute atomic E-state index is 13.6. The number of hydrogen-bond donors (Lipinski definition) is 2. The number of nitrogens with zero attached hydrogens (tertiary/aromatic N) is 5. The Bertz CT molecular complexity index is 2140. The number of piperazine rings is 1. The number of benzene rings is 2. The molecule has 2 aromatic carbocycles. The van der Waals surface area contributed by atoms with Crippen LogP contribution in [-0.2, 0) is 20.9 Å². The second kappa shape index (κ2) is 20.4. The first-order chi connectivity index (χ1) is 29.2.